The number of nitrogens with zero attached hydrogens (tertiary/aromatic N) is 1. The van der Waals surface area contributed by atoms with Crippen molar-refractivity contribution in [3.05, 3.63) is 83.3 Å². The molecule has 3 unspecified atom stereocenters. The average molecular weight is 631 g/mol. The normalized spacial score (nSPS) is 18.9. The summed E-state index contributed by atoms with van der Waals surface area (Å²) in [5.41, 5.74) is 17.0. The van der Waals surface area contributed by atoms with E-state index in [2.05, 4.69) is 36.4 Å². The molecule has 5 rings (SSSR count). The van der Waals surface area contributed by atoms with Crippen LogP contribution in [0.1, 0.15) is 99.6 Å². The lowest BCUT2D eigenvalue weighted by Crippen LogP contribution is -2.26. The van der Waals surface area contributed by atoms with Crippen LogP contribution in [-0.2, 0) is 23.4 Å². The van der Waals surface area contributed by atoms with E-state index in [1.165, 1.54) is 11.1 Å². The molecule has 9 heteroatoms. The Bertz CT molecular complexity index is 1590. The number of aromatic hydroxyl groups is 1. The van der Waals surface area contributed by atoms with Crippen molar-refractivity contribution in [2.24, 2.45) is 17.4 Å². The van der Waals surface area contributed by atoms with Crippen LogP contribution < -0.4 is 16.2 Å². The van der Waals surface area contributed by atoms with Crippen molar-refractivity contribution < 1.29 is 24.9 Å². The molecule has 9 nitrogen and oxygen atoms in total. The van der Waals surface area contributed by atoms with Gasteiger partial charge in [0.1, 0.15) is 5.78 Å². The Balaban J connectivity index is 1.29. The maximum atomic E-state index is 12.4. The number of carbonyl (C=O) groups is 1. The largest absolute Gasteiger partial charge is 0.504 e. The highest BCUT2D eigenvalue weighted by atomic mass is 16.5. The third-order valence-electron chi connectivity index (χ3n) is 9.73. The standard InChI is InChI=1S/C37H50N4O5/c1-2-3-4-8-29(43)19-30(44)11-9-25-10-12-34(45)35(17-25)46-24-41-22-31-32(21-40-33(31)23-41)37(15-13-26(20-37)14-16-42)28-7-5-6-27(18-28)36(38)39/h5-7,10,12,17-18,21-23,26,29,36,40,42-43,45H,2-4,8-9,11,13-16,19-20,24,38-39H2,1H3. The highest BCUT2D eigenvalue weighted by Crippen LogP contribution is 2.52. The molecule has 0 spiro atoms. The molecule has 0 bridgehead atoms. The predicted molar refractivity (Wildman–Crippen MR) is 180 cm³/mol. The fraction of sp³-hybridized carbons (Fsp3) is 0.486. The number of benzene rings is 2. The summed E-state index contributed by atoms with van der Waals surface area (Å²) in [5, 5.41) is 31.5. The lowest BCUT2D eigenvalue weighted by molar-refractivity contribution is -0.121. The molecule has 1 fully saturated rings. The summed E-state index contributed by atoms with van der Waals surface area (Å²) in [6, 6.07) is 13.5. The quantitative estimate of drug-likeness (QED) is 0.0623. The Morgan fingerprint density at radius 3 is 2.80 bits per heavy atom. The van der Waals surface area contributed by atoms with Gasteiger partial charge in [-0.3, -0.25) is 4.79 Å². The Morgan fingerprint density at radius 1 is 1.17 bits per heavy atom. The SMILES string of the molecule is CCCCCC(O)CC(=O)CCc1ccc(O)c(OCn2cc3[nH]cc(C4(c5cccc(C(N)N)c5)CCC(CCO)C4)c3c2)c1. The van der Waals surface area contributed by atoms with Gasteiger partial charge in [-0.2, -0.15) is 0 Å². The molecular weight excluding hydrogens is 580 g/mol. The topological polar surface area (TPSA) is 160 Å². The molecule has 46 heavy (non-hydrogen) atoms. The number of ether oxygens (including phenoxy) is 1. The minimum atomic E-state index is -0.578. The average Bonchev–Trinajstić information content (AvgIpc) is 3.76. The molecule has 1 aliphatic rings. The number of ketones is 1. The van der Waals surface area contributed by atoms with Crippen LogP contribution in [0, 0.1) is 5.92 Å². The molecule has 2 heterocycles. The number of aryl methyl sites for hydroxylation is 1. The molecular formula is C37H50N4O5. The number of nitrogens with two attached hydrogens (primary N) is 2. The van der Waals surface area contributed by atoms with Crippen LogP contribution in [0.25, 0.3) is 10.9 Å². The van der Waals surface area contributed by atoms with E-state index in [9.17, 15) is 20.1 Å². The summed E-state index contributed by atoms with van der Waals surface area (Å²) in [4.78, 5) is 15.9. The number of nitrogens with one attached hydrogen (secondary N) is 1. The summed E-state index contributed by atoms with van der Waals surface area (Å²) in [6.07, 6.45) is 13.5. The number of rotatable bonds is 17. The van der Waals surface area contributed by atoms with Gasteiger partial charge in [0.15, 0.2) is 18.2 Å². The molecule has 248 valence electrons. The predicted octanol–water partition coefficient (Wildman–Crippen LogP) is 5.93. The van der Waals surface area contributed by atoms with E-state index < -0.39 is 12.3 Å². The molecule has 8 N–H and O–H groups in total. The third-order valence-corrected chi connectivity index (χ3v) is 9.73. The fourth-order valence-electron chi connectivity index (χ4n) is 7.17. The van der Waals surface area contributed by atoms with Crippen LogP contribution in [0.3, 0.4) is 0 Å². The third kappa shape index (κ3) is 7.83. The van der Waals surface area contributed by atoms with Crippen molar-refractivity contribution >= 4 is 16.7 Å². The first-order valence-electron chi connectivity index (χ1n) is 16.8. The molecule has 2 aromatic heterocycles. The smallest absolute Gasteiger partial charge is 0.165 e. The van der Waals surface area contributed by atoms with Crippen LogP contribution in [-0.4, -0.2) is 43.4 Å². The number of Topliss-reactive ketones (excluding diaryl/α,β-unsaturated/α-hetero) is 1. The van der Waals surface area contributed by atoms with Crippen molar-refractivity contribution in [1.82, 2.24) is 9.55 Å². The zero-order chi connectivity index (χ0) is 32.7. The second kappa shape index (κ2) is 15.3. The Morgan fingerprint density at radius 2 is 2.02 bits per heavy atom. The number of hydrogen-bond donors (Lipinski definition) is 6. The van der Waals surface area contributed by atoms with Crippen molar-refractivity contribution in [3.63, 3.8) is 0 Å². The van der Waals surface area contributed by atoms with Gasteiger partial charge in [0.2, 0.25) is 0 Å². The zero-order valence-corrected chi connectivity index (χ0v) is 27.0. The van der Waals surface area contributed by atoms with Gasteiger partial charge in [0.25, 0.3) is 0 Å². The summed E-state index contributed by atoms with van der Waals surface area (Å²) in [7, 11) is 0. The molecule has 0 amide bonds. The molecule has 0 radical (unpaired) electrons. The van der Waals surface area contributed by atoms with Crippen LogP contribution in [0.15, 0.2) is 61.1 Å². The number of aliphatic hydroxyl groups is 2. The number of carbonyl (C=O) groups excluding carboxylic acids is 1. The van der Waals surface area contributed by atoms with E-state index >= 15 is 0 Å². The van der Waals surface area contributed by atoms with Gasteiger partial charge in [0.05, 0.1) is 17.8 Å². The van der Waals surface area contributed by atoms with Crippen LogP contribution in [0.2, 0.25) is 0 Å². The van der Waals surface area contributed by atoms with E-state index in [0.29, 0.717) is 30.9 Å². The van der Waals surface area contributed by atoms with E-state index in [-0.39, 0.29) is 36.7 Å². The summed E-state index contributed by atoms with van der Waals surface area (Å²) in [6.45, 7) is 2.49. The zero-order valence-electron chi connectivity index (χ0n) is 27.0. The number of aromatic nitrogens is 2. The number of aromatic amines is 1. The number of hydrogen-bond acceptors (Lipinski definition) is 7. The molecule has 4 aromatic rings. The summed E-state index contributed by atoms with van der Waals surface area (Å²) < 4.78 is 8.03. The first-order valence-corrected chi connectivity index (χ1v) is 16.8. The van der Waals surface area contributed by atoms with Crippen molar-refractivity contribution in [2.75, 3.05) is 6.61 Å². The minimum absolute atomic E-state index is 0.0395. The Labute approximate surface area is 271 Å². The number of phenols is 1. The fourth-order valence-corrected chi connectivity index (χ4v) is 7.17. The minimum Gasteiger partial charge on any atom is -0.504 e. The van der Waals surface area contributed by atoms with Crippen LogP contribution >= 0.6 is 0 Å². The second-order valence-corrected chi connectivity index (χ2v) is 13.1. The number of aliphatic hydroxyl groups excluding tert-OH is 2. The highest BCUT2D eigenvalue weighted by Gasteiger charge is 2.43. The summed E-state index contributed by atoms with van der Waals surface area (Å²) in [5.74, 6) is 0.851. The molecule has 3 atom stereocenters. The van der Waals surface area contributed by atoms with Crippen LogP contribution in [0.4, 0.5) is 0 Å². The van der Waals surface area contributed by atoms with Gasteiger partial charge in [0, 0.05) is 48.8 Å². The number of H-pyrrole nitrogens is 1. The summed E-state index contributed by atoms with van der Waals surface area (Å²) >= 11 is 0. The van der Waals surface area contributed by atoms with E-state index in [1.807, 2.05) is 22.9 Å². The Kier molecular flexibility index (Phi) is 11.2. The number of phenolic OH excluding ortho intramolecular Hbond substituents is 1. The van der Waals surface area contributed by atoms with Crippen molar-refractivity contribution in [1.29, 1.82) is 0 Å². The maximum absolute atomic E-state index is 12.4. The molecule has 0 aliphatic heterocycles. The van der Waals surface area contributed by atoms with Gasteiger partial charge in [-0.1, -0.05) is 56.5 Å². The van der Waals surface area contributed by atoms with Gasteiger partial charge >= 0.3 is 0 Å². The van der Waals surface area contributed by atoms with Gasteiger partial charge in [-0.25, -0.2) is 0 Å². The lowest BCUT2D eigenvalue weighted by atomic mass is 9.72. The van der Waals surface area contributed by atoms with Gasteiger partial charge < -0.3 is 41.1 Å². The molecule has 0 saturated heterocycles. The maximum Gasteiger partial charge on any atom is 0.165 e. The van der Waals surface area contributed by atoms with Crippen molar-refractivity contribution in [2.45, 2.75) is 102 Å². The van der Waals surface area contributed by atoms with Crippen molar-refractivity contribution in [3.8, 4) is 11.5 Å². The number of fused-ring (bicyclic) bond motifs is 1. The lowest BCUT2D eigenvalue weighted by Gasteiger charge is -2.31. The molecule has 1 saturated carbocycles. The van der Waals surface area contributed by atoms with E-state index in [1.54, 1.807) is 18.2 Å². The second-order valence-electron chi connectivity index (χ2n) is 13.1. The molecule has 1 aliphatic carbocycles. The first kappa shape index (κ1) is 33.7. The van der Waals surface area contributed by atoms with Gasteiger partial charge in [-0.05, 0) is 78.8 Å². The number of unbranched alkanes of at least 4 members (excludes halogenated alkanes) is 2. The monoisotopic (exact) mass is 630 g/mol. The van der Waals surface area contributed by atoms with E-state index in [4.69, 9.17) is 16.2 Å². The van der Waals surface area contributed by atoms with E-state index in [0.717, 1.165) is 67.0 Å². The first-order chi connectivity index (χ1) is 22.2. The van der Waals surface area contributed by atoms with Gasteiger partial charge in [-0.15, -0.1) is 0 Å². The molecule has 2 aromatic carbocycles. The highest BCUT2D eigenvalue weighted by molar-refractivity contribution is 5.85. The Hall–Kier alpha value is -3.63. The van der Waals surface area contributed by atoms with Crippen LogP contribution in [0.5, 0.6) is 11.5 Å².